The van der Waals surface area contributed by atoms with Gasteiger partial charge in [0.15, 0.2) is 0 Å². The van der Waals surface area contributed by atoms with Gasteiger partial charge in [-0.2, -0.15) is 0 Å². The summed E-state index contributed by atoms with van der Waals surface area (Å²) in [7, 11) is 0. The predicted octanol–water partition coefficient (Wildman–Crippen LogP) is 4.72. The minimum atomic E-state index is 0.582. The molecule has 5 heteroatoms. The zero-order valence-corrected chi connectivity index (χ0v) is 14.2. The van der Waals surface area contributed by atoms with Crippen molar-refractivity contribution in [2.45, 2.75) is 20.3 Å². The number of anilines is 1. The van der Waals surface area contributed by atoms with E-state index in [4.69, 9.17) is 34.8 Å². The van der Waals surface area contributed by atoms with Crippen LogP contribution in [0.1, 0.15) is 20.3 Å². The highest BCUT2D eigenvalue weighted by atomic mass is 35.5. The van der Waals surface area contributed by atoms with Crippen molar-refractivity contribution in [3.05, 3.63) is 27.2 Å². The van der Waals surface area contributed by atoms with Gasteiger partial charge in [-0.1, -0.05) is 48.7 Å². The van der Waals surface area contributed by atoms with Gasteiger partial charge in [-0.15, -0.1) is 0 Å². The van der Waals surface area contributed by atoms with Crippen LogP contribution in [0.5, 0.6) is 0 Å². The van der Waals surface area contributed by atoms with Crippen molar-refractivity contribution in [2.75, 3.05) is 31.1 Å². The van der Waals surface area contributed by atoms with E-state index in [1.807, 2.05) is 0 Å². The molecule has 1 saturated heterocycles. The van der Waals surface area contributed by atoms with Crippen molar-refractivity contribution in [1.29, 1.82) is 0 Å². The van der Waals surface area contributed by atoms with Gasteiger partial charge in [-0.05, 0) is 43.5 Å². The zero-order valence-electron chi connectivity index (χ0n) is 11.9. The average molecular weight is 336 g/mol. The Bertz CT molecular complexity index is 439. The molecule has 0 radical (unpaired) electrons. The zero-order chi connectivity index (χ0) is 14.7. The summed E-state index contributed by atoms with van der Waals surface area (Å²) >= 11 is 18.5. The first-order valence-corrected chi connectivity index (χ1v) is 8.21. The van der Waals surface area contributed by atoms with Crippen LogP contribution in [-0.2, 0) is 0 Å². The fourth-order valence-electron chi connectivity index (χ4n) is 2.62. The molecular formula is C15H21Cl3N2. The topological polar surface area (TPSA) is 15.3 Å². The van der Waals surface area contributed by atoms with Crippen LogP contribution in [0.2, 0.25) is 15.1 Å². The fraction of sp³-hybridized carbons (Fsp3) is 0.600. The molecule has 1 aromatic carbocycles. The first kappa shape index (κ1) is 16.2. The first-order chi connectivity index (χ1) is 9.47. The molecule has 0 aliphatic carbocycles. The van der Waals surface area contributed by atoms with Gasteiger partial charge in [0, 0.05) is 18.1 Å². The van der Waals surface area contributed by atoms with Gasteiger partial charge in [0.1, 0.15) is 0 Å². The molecule has 1 aliphatic heterocycles. The summed E-state index contributed by atoms with van der Waals surface area (Å²) in [4.78, 5) is 2.27. The van der Waals surface area contributed by atoms with E-state index < -0.39 is 0 Å². The van der Waals surface area contributed by atoms with E-state index in [0.717, 1.165) is 31.9 Å². The van der Waals surface area contributed by atoms with E-state index in [9.17, 15) is 0 Å². The van der Waals surface area contributed by atoms with E-state index >= 15 is 0 Å². The molecule has 1 aliphatic rings. The summed E-state index contributed by atoms with van der Waals surface area (Å²) in [6, 6.07) is 3.52. The number of benzene rings is 1. The summed E-state index contributed by atoms with van der Waals surface area (Å²) in [5, 5.41) is 5.38. The molecule has 0 bridgehead atoms. The van der Waals surface area contributed by atoms with Crippen molar-refractivity contribution in [1.82, 2.24) is 5.32 Å². The number of hydrogen-bond donors (Lipinski definition) is 1. The molecular weight excluding hydrogens is 315 g/mol. The predicted molar refractivity (Wildman–Crippen MR) is 89.5 cm³/mol. The Labute approximate surface area is 136 Å². The Kier molecular flexibility index (Phi) is 5.85. The van der Waals surface area contributed by atoms with Crippen LogP contribution in [0.4, 0.5) is 5.69 Å². The summed E-state index contributed by atoms with van der Waals surface area (Å²) in [6.07, 6.45) is 1.17. The van der Waals surface area contributed by atoms with Crippen LogP contribution in [0, 0.1) is 11.8 Å². The monoisotopic (exact) mass is 334 g/mol. The molecule has 112 valence electrons. The lowest BCUT2D eigenvalue weighted by atomic mass is 10.1. The van der Waals surface area contributed by atoms with Crippen LogP contribution >= 0.6 is 34.8 Å². The molecule has 0 spiro atoms. The molecule has 1 N–H and O–H groups in total. The summed E-state index contributed by atoms with van der Waals surface area (Å²) < 4.78 is 0. The molecule has 1 aromatic rings. The van der Waals surface area contributed by atoms with Gasteiger partial charge in [-0.25, -0.2) is 0 Å². The molecule has 20 heavy (non-hydrogen) atoms. The summed E-state index contributed by atoms with van der Waals surface area (Å²) in [6.45, 7) is 8.56. The highest BCUT2D eigenvalue weighted by Gasteiger charge is 2.25. The van der Waals surface area contributed by atoms with E-state index in [2.05, 4.69) is 24.1 Å². The molecule has 0 aromatic heterocycles. The second-order valence-electron chi connectivity index (χ2n) is 5.87. The lowest BCUT2D eigenvalue weighted by molar-refractivity contribution is 0.477. The van der Waals surface area contributed by atoms with Crippen molar-refractivity contribution in [2.24, 2.45) is 11.8 Å². The van der Waals surface area contributed by atoms with Gasteiger partial charge in [0.05, 0.1) is 15.7 Å². The molecule has 2 nitrogen and oxygen atoms in total. The second-order valence-corrected chi connectivity index (χ2v) is 7.12. The van der Waals surface area contributed by atoms with Crippen LogP contribution < -0.4 is 10.2 Å². The van der Waals surface area contributed by atoms with Crippen LogP contribution in [0.25, 0.3) is 0 Å². The quantitative estimate of drug-likeness (QED) is 0.837. The highest BCUT2D eigenvalue weighted by molar-refractivity contribution is 6.41. The van der Waals surface area contributed by atoms with Crippen LogP contribution in [0.3, 0.4) is 0 Å². The molecule has 1 unspecified atom stereocenters. The molecule has 1 atom stereocenters. The normalized spacial score (nSPS) is 19.1. The number of nitrogens with zero attached hydrogens (tertiary/aromatic N) is 1. The van der Waals surface area contributed by atoms with E-state index in [0.29, 0.717) is 26.9 Å². The maximum Gasteiger partial charge on any atom is 0.0746 e. The van der Waals surface area contributed by atoms with Gasteiger partial charge in [0.25, 0.3) is 0 Å². The van der Waals surface area contributed by atoms with Crippen molar-refractivity contribution in [3.63, 3.8) is 0 Å². The second kappa shape index (κ2) is 7.22. The average Bonchev–Trinajstić information content (AvgIpc) is 2.75. The van der Waals surface area contributed by atoms with Gasteiger partial charge in [0.2, 0.25) is 0 Å². The lowest BCUT2D eigenvalue weighted by Crippen LogP contribution is -2.28. The molecule has 0 saturated carbocycles. The summed E-state index contributed by atoms with van der Waals surface area (Å²) in [5.41, 5.74) is 0.920. The Hall–Kier alpha value is -0.150. The third-order valence-corrected chi connectivity index (χ3v) is 4.36. The first-order valence-electron chi connectivity index (χ1n) is 7.07. The van der Waals surface area contributed by atoms with Gasteiger partial charge >= 0.3 is 0 Å². The minimum Gasteiger partial charge on any atom is -0.369 e. The number of rotatable bonds is 5. The third-order valence-electron chi connectivity index (χ3n) is 3.57. The van der Waals surface area contributed by atoms with E-state index in [-0.39, 0.29) is 0 Å². The molecule has 0 amide bonds. The fourth-order valence-corrected chi connectivity index (χ4v) is 3.67. The number of hydrogen-bond acceptors (Lipinski definition) is 2. The van der Waals surface area contributed by atoms with E-state index in [1.165, 1.54) is 6.42 Å². The van der Waals surface area contributed by atoms with Crippen LogP contribution in [-0.4, -0.2) is 26.2 Å². The Balaban J connectivity index is 1.96. The SMILES string of the molecule is CC(C)CNCC1CCN(c2c(Cl)cc(Cl)cc2Cl)C1. The molecule has 2 rings (SSSR count). The number of halogens is 3. The van der Waals surface area contributed by atoms with Gasteiger partial charge in [-0.3, -0.25) is 0 Å². The smallest absolute Gasteiger partial charge is 0.0746 e. The maximum absolute atomic E-state index is 6.28. The Morgan fingerprint density at radius 2 is 1.90 bits per heavy atom. The Morgan fingerprint density at radius 3 is 2.50 bits per heavy atom. The Morgan fingerprint density at radius 1 is 1.25 bits per heavy atom. The third kappa shape index (κ3) is 4.17. The molecule has 1 heterocycles. The maximum atomic E-state index is 6.28. The van der Waals surface area contributed by atoms with Crippen molar-refractivity contribution in [3.8, 4) is 0 Å². The van der Waals surface area contributed by atoms with E-state index in [1.54, 1.807) is 12.1 Å². The van der Waals surface area contributed by atoms with Crippen molar-refractivity contribution >= 4 is 40.5 Å². The largest absolute Gasteiger partial charge is 0.369 e. The summed E-state index contributed by atoms with van der Waals surface area (Å²) in [5.74, 6) is 1.34. The standard InChI is InChI=1S/C15H21Cl3N2/c1-10(2)7-19-8-11-3-4-20(9-11)15-13(17)5-12(16)6-14(15)18/h5-6,10-11,19H,3-4,7-9H2,1-2H3. The lowest BCUT2D eigenvalue weighted by Gasteiger charge is -2.22. The number of nitrogens with one attached hydrogen (secondary N) is 1. The van der Waals surface area contributed by atoms with Gasteiger partial charge < -0.3 is 10.2 Å². The van der Waals surface area contributed by atoms with Crippen LogP contribution in [0.15, 0.2) is 12.1 Å². The molecule has 1 fully saturated rings. The highest BCUT2D eigenvalue weighted by Crippen LogP contribution is 2.38. The minimum absolute atomic E-state index is 0.582. The van der Waals surface area contributed by atoms with Crippen molar-refractivity contribution < 1.29 is 0 Å².